The summed E-state index contributed by atoms with van der Waals surface area (Å²) >= 11 is 0. The van der Waals surface area contributed by atoms with Crippen LogP contribution >= 0.6 is 0 Å². The molecule has 0 radical (unpaired) electrons. The highest BCUT2D eigenvalue weighted by molar-refractivity contribution is 7.89. The van der Waals surface area contributed by atoms with Gasteiger partial charge in [0.15, 0.2) is 11.5 Å². The minimum atomic E-state index is -4.01. The average molecular weight is 1110 g/mol. The lowest BCUT2D eigenvalue weighted by Gasteiger charge is -2.42. The number of piperidine rings is 1. The number of sulfonamides is 1. The minimum absolute atomic E-state index is 0.0174. The first-order valence-corrected chi connectivity index (χ1v) is 29.3. The molecule has 5 rings (SSSR count). The van der Waals surface area contributed by atoms with Crippen molar-refractivity contribution in [3.63, 3.8) is 0 Å². The first-order chi connectivity index (χ1) is 36.3. The van der Waals surface area contributed by atoms with Crippen molar-refractivity contribution in [2.24, 2.45) is 35.5 Å². The van der Waals surface area contributed by atoms with Crippen molar-refractivity contribution in [2.45, 2.75) is 193 Å². The maximum absolute atomic E-state index is 14.6. The number of ketones is 3. The van der Waals surface area contributed by atoms with E-state index in [1.165, 1.54) is 14.2 Å². The van der Waals surface area contributed by atoms with Crippen LogP contribution in [0.3, 0.4) is 0 Å². The Morgan fingerprint density at radius 3 is 2.23 bits per heavy atom. The molecule has 20 heteroatoms. The second kappa shape index (κ2) is 28.9. The molecule has 3 N–H and O–H groups in total. The van der Waals surface area contributed by atoms with Crippen LogP contribution < -0.4 is 0 Å². The fourth-order valence-corrected chi connectivity index (χ4v) is 13.0. The van der Waals surface area contributed by atoms with Crippen LogP contribution in [0.1, 0.15) is 132 Å². The number of allylic oxidation sites excluding steroid dienone is 6. The molecule has 0 aromatic heterocycles. The normalized spacial score (nSPS) is 37.3. The zero-order chi connectivity index (χ0) is 56.9. The van der Waals surface area contributed by atoms with Crippen LogP contribution in [-0.2, 0) is 67.2 Å². The van der Waals surface area contributed by atoms with Crippen LogP contribution in [-0.4, -0.2) is 176 Å². The number of aliphatic hydroxyl groups excluding tert-OH is 2. The minimum Gasteiger partial charge on any atom is -0.460 e. The Balaban J connectivity index is 1.42. The highest BCUT2D eigenvalue weighted by atomic mass is 32.2. The molecule has 2 bridgehead atoms. The highest BCUT2D eigenvalue weighted by Crippen LogP contribution is 2.38. The Morgan fingerprint density at radius 1 is 0.844 bits per heavy atom. The number of β-amino-alcohol motifs (C(OH)–C–C–N with tert-alkyl or cyclic N) is 1. The monoisotopic (exact) mass is 1100 g/mol. The standard InChI is InChI=1S/C57H88N2O17S/c1-34-16-12-11-13-17-35(2)47(71-8)30-43-21-19-40(7)57(68,76-43)54(65)55(66)59-24-15-14-18-44(59)56(67)75-48(31-45(61)36(3)27-39(6)52(64)53(73-10)51(63)38(5)26-34)37(4)28-41-20-22-46(49(29-41)72-9)74-50(62)33-77(69,70)58-25-23-42(60)32-58/h11-13,16-17,27,34,36-38,40-44,46-49,52-53,60,64,68H,14-15,18-26,28-33H2,1-10H3/b13-11?,16-12+,35-17?,39-27+/t34-,36-,37-,38-,40-,41+,42-,43+,44+,46-,47+,48+,49-,52-,53+,57-/m1/s1. The molecule has 4 heterocycles. The fraction of sp³-hybridized carbons (Fsp3) is 0.754. The molecule has 434 valence electrons. The van der Waals surface area contributed by atoms with Gasteiger partial charge in [-0.2, -0.15) is 4.31 Å². The largest absolute Gasteiger partial charge is 0.460 e. The van der Waals surface area contributed by atoms with Crippen molar-refractivity contribution in [3.05, 3.63) is 47.6 Å². The molecule has 0 aromatic carbocycles. The average Bonchev–Trinajstić information content (AvgIpc) is 3.85. The zero-order valence-electron chi connectivity index (χ0n) is 47.0. The number of rotatable bonds is 10. The number of methoxy groups -OCH3 is 3. The van der Waals surface area contributed by atoms with E-state index in [0.717, 1.165) is 14.8 Å². The summed E-state index contributed by atoms with van der Waals surface area (Å²) in [6.45, 7) is 12.5. The Bertz CT molecular complexity index is 2300. The van der Waals surface area contributed by atoms with Crippen LogP contribution in [0.25, 0.3) is 0 Å². The van der Waals surface area contributed by atoms with Gasteiger partial charge < -0.3 is 48.6 Å². The number of cyclic esters (lactones) is 1. The van der Waals surface area contributed by atoms with Gasteiger partial charge in [0.1, 0.15) is 36.2 Å². The van der Waals surface area contributed by atoms with Gasteiger partial charge in [0.2, 0.25) is 15.8 Å². The summed E-state index contributed by atoms with van der Waals surface area (Å²) in [4.78, 5) is 85.6. The summed E-state index contributed by atoms with van der Waals surface area (Å²) in [7, 11) is 0.371. The molecule has 3 saturated heterocycles. The highest BCUT2D eigenvalue weighted by Gasteiger charge is 2.53. The van der Waals surface area contributed by atoms with Crippen molar-refractivity contribution >= 4 is 45.2 Å². The van der Waals surface area contributed by atoms with Gasteiger partial charge in [-0.1, -0.05) is 71.1 Å². The lowest BCUT2D eigenvalue weighted by Crippen LogP contribution is -2.61. The quantitative estimate of drug-likeness (QED) is 0.146. The third-order valence-corrected chi connectivity index (χ3v) is 18.3. The fourth-order valence-electron chi connectivity index (χ4n) is 11.6. The van der Waals surface area contributed by atoms with E-state index in [-0.39, 0.29) is 68.7 Å². The van der Waals surface area contributed by atoms with Gasteiger partial charge in [-0.3, -0.25) is 24.0 Å². The molecule has 0 unspecified atom stereocenters. The number of Topliss-reactive ketones (excluding diaryl/α,β-unsaturated/α-hetero) is 3. The van der Waals surface area contributed by atoms with Crippen molar-refractivity contribution in [1.82, 2.24) is 9.21 Å². The van der Waals surface area contributed by atoms with Gasteiger partial charge in [-0.05, 0) is 113 Å². The van der Waals surface area contributed by atoms with Crippen LogP contribution in [0.5, 0.6) is 0 Å². The van der Waals surface area contributed by atoms with E-state index >= 15 is 0 Å². The molecule has 0 spiro atoms. The van der Waals surface area contributed by atoms with Gasteiger partial charge in [0, 0.05) is 71.6 Å². The number of fused-ring (bicyclic) bond motifs is 3. The predicted octanol–water partition coefficient (Wildman–Crippen LogP) is 5.13. The van der Waals surface area contributed by atoms with E-state index in [4.69, 9.17) is 28.4 Å². The Morgan fingerprint density at radius 2 is 1.57 bits per heavy atom. The third kappa shape index (κ3) is 17.0. The number of ether oxygens (including phenoxy) is 6. The molecule has 19 nitrogen and oxygen atoms in total. The summed E-state index contributed by atoms with van der Waals surface area (Å²) in [5.41, 5.74) is 1.19. The van der Waals surface area contributed by atoms with Crippen LogP contribution in [0.2, 0.25) is 0 Å². The molecule has 0 aromatic rings. The number of aliphatic hydroxyl groups is 3. The van der Waals surface area contributed by atoms with Crippen molar-refractivity contribution in [1.29, 1.82) is 0 Å². The van der Waals surface area contributed by atoms with Gasteiger partial charge in [0.25, 0.3) is 11.7 Å². The molecule has 5 aliphatic rings. The van der Waals surface area contributed by atoms with E-state index in [1.54, 1.807) is 40.9 Å². The lowest BCUT2D eigenvalue weighted by atomic mass is 9.78. The van der Waals surface area contributed by atoms with E-state index in [9.17, 15) is 52.5 Å². The molecule has 4 aliphatic heterocycles. The topological polar surface area (TPSA) is 259 Å². The van der Waals surface area contributed by atoms with E-state index in [1.807, 2.05) is 51.2 Å². The Labute approximate surface area is 456 Å². The second-order valence-corrected chi connectivity index (χ2v) is 24.6. The smallest absolute Gasteiger partial charge is 0.329 e. The van der Waals surface area contributed by atoms with Crippen LogP contribution in [0.15, 0.2) is 47.6 Å². The Kier molecular flexibility index (Phi) is 24.0. The number of hydrogen-bond acceptors (Lipinski definition) is 17. The SMILES string of the molecule is CO[C@H]1C[C@@H]2CC[C@@H](C)[C@@](O)(O2)C(=O)C(=O)N2CCCC[C@H]2C(=O)O[C@H]([C@H](C)C[C@@H]2CC[C@@H](OC(=O)CS(=O)(=O)N3CC[C@@H](O)C3)[C@H](OC)C2)CC(=O)[C@H](C)/C=C(\C)[C@@H](O)[C@@H](OC)C(=O)[C@H](C)C[C@H](C)/C=C/C=CC=C1C. The lowest BCUT2D eigenvalue weighted by molar-refractivity contribution is -0.265. The molecular weight excluding hydrogens is 1020 g/mol. The van der Waals surface area contributed by atoms with Crippen molar-refractivity contribution in [2.75, 3.05) is 46.7 Å². The second-order valence-electron chi connectivity index (χ2n) is 22.6. The Hall–Kier alpha value is -3.99. The molecule has 77 heavy (non-hydrogen) atoms. The summed E-state index contributed by atoms with van der Waals surface area (Å²) in [6.07, 6.45) is 8.59. The molecule has 16 atom stereocenters. The van der Waals surface area contributed by atoms with Gasteiger partial charge in [-0.15, -0.1) is 0 Å². The number of hydrogen-bond donors (Lipinski definition) is 3. The molecule has 1 aliphatic carbocycles. The zero-order valence-corrected chi connectivity index (χ0v) is 47.8. The molecular formula is C57H88N2O17S. The third-order valence-electron chi connectivity index (χ3n) is 16.6. The molecule has 1 amide bonds. The number of carbonyl (C=O) groups is 6. The predicted molar refractivity (Wildman–Crippen MR) is 285 cm³/mol. The summed E-state index contributed by atoms with van der Waals surface area (Å²) in [6, 6.07) is -1.22. The first kappa shape index (κ1) is 63.8. The summed E-state index contributed by atoms with van der Waals surface area (Å²) in [5.74, 6) is -10.7. The first-order valence-electron chi connectivity index (χ1n) is 27.7. The van der Waals surface area contributed by atoms with E-state index < -0.39 is 124 Å². The number of amides is 1. The van der Waals surface area contributed by atoms with Crippen molar-refractivity contribution in [3.8, 4) is 0 Å². The van der Waals surface area contributed by atoms with Crippen LogP contribution in [0.4, 0.5) is 0 Å². The summed E-state index contributed by atoms with van der Waals surface area (Å²) in [5, 5.41) is 33.4. The van der Waals surface area contributed by atoms with Crippen LogP contribution in [0, 0.1) is 35.5 Å². The van der Waals surface area contributed by atoms with E-state index in [0.29, 0.717) is 63.4 Å². The number of carbonyl (C=O) groups excluding carboxylic acids is 6. The molecule has 1 saturated carbocycles. The molecule has 4 fully saturated rings. The van der Waals surface area contributed by atoms with Gasteiger partial charge >= 0.3 is 11.9 Å². The maximum atomic E-state index is 14.6. The van der Waals surface area contributed by atoms with Crippen molar-refractivity contribution < 1.29 is 80.9 Å². The van der Waals surface area contributed by atoms with Gasteiger partial charge in [0.05, 0.1) is 24.4 Å². The number of esters is 2. The summed E-state index contributed by atoms with van der Waals surface area (Å²) < 4.78 is 62.3. The number of nitrogens with zero attached hydrogens (tertiary/aromatic N) is 2. The van der Waals surface area contributed by atoms with Gasteiger partial charge in [-0.25, -0.2) is 13.2 Å². The maximum Gasteiger partial charge on any atom is 0.329 e. The van der Waals surface area contributed by atoms with E-state index in [2.05, 4.69) is 0 Å².